The summed E-state index contributed by atoms with van der Waals surface area (Å²) >= 11 is 0. The van der Waals surface area contributed by atoms with Gasteiger partial charge in [0, 0.05) is 31.6 Å². The first-order chi connectivity index (χ1) is 13.6. The van der Waals surface area contributed by atoms with Crippen molar-refractivity contribution in [2.45, 2.75) is 13.0 Å². The van der Waals surface area contributed by atoms with E-state index in [1.54, 1.807) is 48.8 Å². The van der Waals surface area contributed by atoms with E-state index in [0.29, 0.717) is 23.5 Å². The molecule has 1 unspecified atom stereocenters. The Labute approximate surface area is 163 Å². The minimum atomic E-state index is -0.725. The van der Waals surface area contributed by atoms with Gasteiger partial charge in [0.25, 0.3) is 11.7 Å². The van der Waals surface area contributed by atoms with Crippen LogP contribution in [-0.2, 0) is 14.3 Å². The molecule has 1 aromatic heterocycles. The molecule has 7 nitrogen and oxygen atoms in total. The number of carbonyl (C=O) groups excluding carboxylic acids is 2. The summed E-state index contributed by atoms with van der Waals surface area (Å²) in [7, 11) is 1.53. The van der Waals surface area contributed by atoms with Gasteiger partial charge in [-0.2, -0.15) is 0 Å². The molecule has 1 fully saturated rings. The van der Waals surface area contributed by atoms with Gasteiger partial charge in [0.05, 0.1) is 24.8 Å². The first kappa shape index (κ1) is 19.6. The zero-order chi connectivity index (χ0) is 20.1. The number of benzene rings is 1. The summed E-state index contributed by atoms with van der Waals surface area (Å²) < 4.78 is 10.6. The first-order valence-electron chi connectivity index (χ1n) is 8.99. The highest BCUT2D eigenvalue weighted by Gasteiger charge is 2.45. The molecule has 0 radical (unpaired) electrons. The normalized spacial score (nSPS) is 18.5. The van der Waals surface area contributed by atoms with Crippen LogP contribution in [0.15, 0.2) is 54.4 Å². The van der Waals surface area contributed by atoms with E-state index in [-0.39, 0.29) is 24.5 Å². The van der Waals surface area contributed by atoms with Gasteiger partial charge in [0.1, 0.15) is 11.5 Å². The topological polar surface area (TPSA) is 89.0 Å². The summed E-state index contributed by atoms with van der Waals surface area (Å²) in [6, 6.07) is 9.53. The lowest BCUT2D eigenvalue weighted by atomic mass is 9.96. The van der Waals surface area contributed by atoms with E-state index in [9.17, 15) is 14.7 Å². The number of nitrogens with zero attached hydrogens (tertiary/aromatic N) is 2. The Hall–Kier alpha value is -3.19. The van der Waals surface area contributed by atoms with Gasteiger partial charge in [-0.15, -0.1) is 0 Å². The number of ether oxygens (including phenoxy) is 2. The maximum atomic E-state index is 12.8. The summed E-state index contributed by atoms with van der Waals surface area (Å²) in [6.45, 7) is 2.83. The number of methoxy groups -OCH3 is 1. The number of hydrogen-bond donors (Lipinski definition) is 1. The van der Waals surface area contributed by atoms with Crippen molar-refractivity contribution < 1.29 is 24.2 Å². The summed E-state index contributed by atoms with van der Waals surface area (Å²) in [5.74, 6) is -1.05. The average Bonchev–Trinajstić information content (AvgIpc) is 2.97. The van der Waals surface area contributed by atoms with Crippen molar-refractivity contribution in [3.8, 4) is 5.75 Å². The Morgan fingerprint density at radius 3 is 2.64 bits per heavy atom. The molecule has 1 aromatic carbocycles. The summed E-state index contributed by atoms with van der Waals surface area (Å²) in [4.78, 5) is 30.8. The molecule has 3 rings (SSSR count). The van der Waals surface area contributed by atoms with Crippen LogP contribution in [-0.4, -0.2) is 53.5 Å². The standard InChI is InChI=1S/C21H22N2O5/c1-3-28-16-6-4-5-15(13-16)19(24)17-18(14-7-9-22-10-8-14)23(11-12-27-2)21(26)20(17)25/h4-10,13,18,24H,3,11-12H2,1-2H3. The second-order valence-electron chi connectivity index (χ2n) is 6.23. The number of ketones is 1. The van der Waals surface area contributed by atoms with Crippen molar-refractivity contribution in [3.63, 3.8) is 0 Å². The van der Waals surface area contributed by atoms with Gasteiger partial charge >= 0.3 is 0 Å². The lowest BCUT2D eigenvalue weighted by Crippen LogP contribution is -2.32. The monoisotopic (exact) mass is 382 g/mol. The van der Waals surface area contributed by atoms with Gasteiger partial charge in [-0.3, -0.25) is 14.6 Å². The van der Waals surface area contributed by atoms with E-state index in [2.05, 4.69) is 4.98 Å². The predicted molar refractivity (Wildman–Crippen MR) is 103 cm³/mol. The second-order valence-corrected chi connectivity index (χ2v) is 6.23. The number of likely N-dealkylation sites (tertiary alicyclic amines) is 1. The minimum Gasteiger partial charge on any atom is -0.507 e. The van der Waals surface area contributed by atoms with Crippen LogP contribution in [0, 0.1) is 0 Å². The van der Waals surface area contributed by atoms with Gasteiger partial charge in [-0.25, -0.2) is 0 Å². The van der Waals surface area contributed by atoms with Gasteiger partial charge in [0.2, 0.25) is 0 Å². The van der Waals surface area contributed by atoms with E-state index in [4.69, 9.17) is 9.47 Å². The molecule has 1 saturated heterocycles. The molecule has 1 aliphatic rings. The predicted octanol–water partition coefficient (Wildman–Crippen LogP) is 2.55. The third-order valence-corrected chi connectivity index (χ3v) is 4.52. The van der Waals surface area contributed by atoms with Gasteiger partial charge in [0.15, 0.2) is 0 Å². The third kappa shape index (κ3) is 3.75. The highest BCUT2D eigenvalue weighted by atomic mass is 16.5. The van der Waals surface area contributed by atoms with E-state index in [1.807, 2.05) is 6.92 Å². The molecule has 146 valence electrons. The largest absolute Gasteiger partial charge is 0.507 e. The van der Waals surface area contributed by atoms with Crippen LogP contribution < -0.4 is 4.74 Å². The van der Waals surface area contributed by atoms with Crippen molar-refractivity contribution >= 4 is 17.4 Å². The fraction of sp³-hybridized carbons (Fsp3) is 0.286. The molecular formula is C21H22N2O5. The third-order valence-electron chi connectivity index (χ3n) is 4.52. The van der Waals surface area contributed by atoms with Crippen molar-refractivity contribution in [2.75, 3.05) is 26.9 Å². The molecule has 2 aromatic rings. The van der Waals surface area contributed by atoms with Gasteiger partial charge in [-0.1, -0.05) is 12.1 Å². The number of pyridine rings is 1. The number of carbonyl (C=O) groups is 2. The molecule has 0 spiro atoms. The maximum absolute atomic E-state index is 12.8. The highest BCUT2D eigenvalue weighted by Crippen LogP contribution is 2.39. The molecule has 0 saturated carbocycles. The van der Waals surface area contributed by atoms with Crippen molar-refractivity contribution in [2.24, 2.45) is 0 Å². The van der Waals surface area contributed by atoms with Crippen LogP contribution in [0.1, 0.15) is 24.1 Å². The number of amides is 1. The number of rotatable bonds is 7. The van der Waals surface area contributed by atoms with E-state index in [0.717, 1.165) is 0 Å². The lowest BCUT2D eigenvalue weighted by molar-refractivity contribution is -0.140. The Balaban J connectivity index is 2.12. The molecule has 0 aliphatic carbocycles. The maximum Gasteiger partial charge on any atom is 0.295 e. The number of hydrogen-bond acceptors (Lipinski definition) is 6. The van der Waals surface area contributed by atoms with E-state index in [1.165, 1.54) is 12.0 Å². The Morgan fingerprint density at radius 1 is 1.21 bits per heavy atom. The van der Waals surface area contributed by atoms with Crippen molar-refractivity contribution in [1.82, 2.24) is 9.88 Å². The number of aliphatic hydroxyl groups is 1. The molecule has 7 heteroatoms. The fourth-order valence-corrected chi connectivity index (χ4v) is 3.25. The fourth-order valence-electron chi connectivity index (χ4n) is 3.25. The summed E-state index contributed by atoms with van der Waals surface area (Å²) in [6.07, 6.45) is 3.17. The Bertz CT molecular complexity index is 895. The second kappa shape index (κ2) is 8.67. The number of aromatic nitrogens is 1. The Morgan fingerprint density at radius 2 is 1.96 bits per heavy atom. The molecule has 1 N–H and O–H groups in total. The quantitative estimate of drug-likeness (QED) is 0.450. The molecule has 28 heavy (non-hydrogen) atoms. The SMILES string of the molecule is CCOc1cccc(C(O)=C2C(=O)C(=O)N(CCOC)C2c2ccncc2)c1. The minimum absolute atomic E-state index is 0.0425. The van der Waals surface area contributed by atoms with Crippen LogP contribution in [0.3, 0.4) is 0 Å². The molecular weight excluding hydrogens is 360 g/mol. The van der Waals surface area contributed by atoms with Crippen LogP contribution in [0.5, 0.6) is 5.75 Å². The van der Waals surface area contributed by atoms with E-state index >= 15 is 0 Å². The van der Waals surface area contributed by atoms with Crippen LogP contribution in [0.4, 0.5) is 0 Å². The zero-order valence-corrected chi connectivity index (χ0v) is 15.8. The molecule has 1 amide bonds. The van der Waals surface area contributed by atoms with Gasteiger partial charge < -0.3 is 19.5 Å². The molecule has 1 atom stereocenters. The first-order valence-corrected chi connectivity index (χ1v) is 8.99. The van der Waals surface area contributed by atoms with Crippen LogP contribution in [0.25, 0.3) is 5.76 Å². The summed E-state index contributed by atoms with van der Waals surface area (Å²) in [5.41, 5.74) is 1.14. The van der Waals surface area contributed by atoms with Gasteiger partial charge in [-0.05, 0) is 36.8 Å². The smallest absolute Gasteiger partial charge is 0.295 e. The summed E-state index contributed by atoms with van der Waals surface area (Å²) in [5, 5.41) is 11.0. The Kier molecular flexibility index (Phi) is 6.06. The number of Topliss-reactive ketones (excluding diaryl/α,β-unsaturated/α-hetero) is 1. The van der Waals surface area contributed by atoms with E-state index < -0.39 is 17.7 Å². The lowest BCUT2D eigenvalue weighted by Gasteiger charge is -2.24. The number of aliphatic hydroxyl groups excluding tert-OH is 1. The molecule has 0 bridgehead atoms. The molecule has 1 aliphatic heterocycles. The van der Waals surface area contributed by atoms with Crippen LogP contribution >= 0.6 is 0 Å². The average molecular weight is 382 g/mol. The highest BCUT2D eigenvalue weighted by molar-refractivity contribution is 6.46. The molecule has 2 heterocycles. The van der Waals surface area contributed by atoms with Crippen molar-refractivity contribution in [3.05, 3.63) is 65.5 Å². The van der Waals surface area contributed by atoms with Crippen molar-refractivity contribution in [1.29, 1.82) is 0 Å². The zero-order valence-electron chi connectivity index (χ0n) is 15.8. The van der Waals surface area contributed by atoms with Crippen LogP contribution in [0.2, 0.25) is 0 Å².